The van der Waals surface area contributed by atoms with Gasteiger partial charge in [-0.2, -0.15) is 0 Å². The molecule has 0 spiro atoms. The molecule has 1 aromatic carbocycles. The lowest BCUT2D eigenvalue weighted by molar-refractivity contribution is 0.0990. The van der Waals surface area contributed by atoms with Crippen LogP contribution >= 0.6 is 15.9 Å². The van der Waals surface area contributed by atoms with E-state index in [1.807, 2.05) is 26.8 Å². The number of rotatable bonds is 3. The molecule has 100 valence electrons. The summed E-state index contributed by atoms with van der Waals surface area (Å²) in [4.78, 5) is 12.3. The van der Waals surface area contributed by atoms with Gasteiger partial charge in [-0.15, -0.1) is 0 Å². The van der Waals surface area contributed by atoms with E-state index in [0.29, 0.717) is 5.56 Å². The number of ketones is 1. The van der Waals surface area contributed by atoms with Crippen molar-refractivity contribution < 1.29 is 13.2 Å². The van der Waals surface area contributed by atoms with Crippen molar-refractivity contribution >= 4 is 31.6 Å². The zero-order valence-corrected chi connectivity index (χ0v) is 13.6. The summed E-state index contributed by atoms with van der Waals surface area (Å²) in [5.41, 5.74) is 3.15. The molecule has 0 aliphatic heterocycles. The number of hydrogen-bond donors (Lipinski definition) is 0. The third-order valence-electron chi connectivity index (χ3n) is 3.14. The van der Waals surface area contributed by atoms with Crippen LogP contribution in [0.4, 0.5) is 0 Å². The highest BCUT2D eigenvalue weighted by molar-refractivity contribution is 9.10. The molecule has 0 radical (unpaired) electrons. The molecule has 1 atom stereocenters. The van der Waals surface area contributed by atoms with Crippen molar-refractivity contribution in [2.45, 2.75) is 32.9 Å². The number of hydrogen-bond acceptors (Lipinski definition) is 3. The first kappa shape index (κ1) is 15.4. The van der Waals surface area contributed by atoms with Crippen LogP contribution in [0.15, 0.2) is 10.5 Å². The van der Waals surface area contributed by atoms with Crippen molar-refractivity contribution in [1.82, 2.24) is 0 Å². The van der Waals surface area contributed by atoms with Gasteiger partial charge in [0.15, 0.2) is 15.6 Å². The molecule has 0 amide bonds. The summed E-state index contributed by atoms with van der Waals surface area (Å²) >= 11 is 3.43. The summed E-state index contributed by atoms with van der Waals surface area (Å²) in [5.74, 6) is -0.340. The lowest BCUT2D eigenvalue weighted by Gasteiger charge is -2.16. The molecular weight excluding hydrogens is 316 g/mol. The first-order chi connectivity index (χ1) is 8.07. The Morgan fingerprint density at radius 1 is 1.22 bits per heavy atom. The normalized spacial score (nSPS) is 13.4. The zero-order valence-electron chi connectivity index (χ0n) is 11.2. The molecule has 0 aliphatic carbocycles. The Morgan fingerprint density at radius 2 is 1.72 bits per heavy atom. The fourth-order valence-corrected chi connectivity index (χ4v) is 2.76. The van der Waals surface area contributed by atoms with Crippen LogP contribution in [0.2, 0.25) is 0 Å². The fraction of sp³-hybridized carbons (Fsp3) is 0.462. The van der Waals surface area contributed by atoms with Gasteiger partial charge in [0, 0.05) is 16.3 Å². The van der Waals surface area contributed by atoms with E-state index >= 15 is 0 Å². The standard InChI is InChI=1S/C13H17BrO3S/c1-7-6-8(2)12(14)9(3)11(7)13(15)10(4)18(5,16)17/h6,10H,1-5H3. The van der Waals surface area contributed by atoms with Crippen molar-refractivity contribution in [3.05, 3.63) is 32.8 Å². The highest BCUT2D eigenvalue weighted by Gasteiger charge is 2.27. The minimum absolute atomic E-state index is 0.340. The molecule has 0 bridgehead atoms. The number of benzene rings is 1. The quantitative estimate of drug-likeness (QED) is 0.799. The molecule has 0 fully saturated rings. The molecule has 1 unspecified atom stereocenters. The summed E-state index contributed by atoms with van der Waals surface area (Å²) in [6.45, 7) is 7.03. The van der Waals surface area contributed by atoms with Gasteiger partial charge in [-0.05, 0) is 44.4 Å². The van der Waals surface area contributed by atoms with E-state index in [4.69, 9.17) is 0 Å². The number of halogens is 1. The van der Waals surface area contributed by atoms with Gasteiger partial charge >= 0.3 is 0 Å². The smallest absolute Gasteiger partial charge is 0.181 e. The van der Waals surface area contributed by atoms with Crippen molar-refractivity contribution in [1.29, 1.82) is 0 Å². The Bertz CT molecular complexity index is 603. The predicted octanol–water partition coefficient (Wildman–Crippen LogP) is 2.99. The van der Waals surface area contributed by atoms with Crippen LogP contribution in [-0.4, -0.2) is 25.7 Å². The molecule has 18 heavy (non-hydrogen) atoms. The average Bonchev–Trinajstić information content (AvgIpc) is 2.23. The Labute approximate surface area is 117 Å². The second kappa shape index (κ2) is 5.13. The van der Waals surface area contributed by atoms with Crippen molar-refractivity contribution in [2.24, 2.45) is 0 Å². The Hall–Kier alpha value is -0.680. The summed E-state index contributed by atoms with van der Waals surface area (Å²) in [7, 11) is -3.37. The molecule has 1 rings (SSSR count). The molecule has 3 nitrogen and oxygen atoms in total. The van der Waals surface area contributed by atoms with Crippen LogP contribution in [-0.2, 0) is 9.84 Å². The molecular formula is C13H17BrO3S. The molecule has 0 saturated heterocycles. The van der Waals surface area contributed by atoms with E-state index in [1.165, 1.54) is 6.92 Å². The summed E-state index contributed by atoms with van der Waals surface area (Å²) in [5, 5.41) is -1.01. The van der Waals surface area contributed by atoms with Gasteiger partial charge in [-0.25, -0.2) is 8.42 Å². The topological polar surface area (TPSA) is 51.2 Å². The third kappa shape index (κ3) is 2.83. The second-order valence-corrected chi connectivity index (χ2v) is 7.82. The van der Waals surface area contributed by atoms with E-state index in [2.05, 4.69) is 15.9 Å². The summed E-state index contributed by atoms with van der Waals surface area (Å²) in [6.07, 6.45) is 1.09. The van der Waals surface area contributed by atoms with E-state index < -0.39 is 15.1 Å². The number of aryl methyl sites for hydroxylation is 2. The maximum atomic E-state index is 12.3. The summed E-state index contributed by atoms with van der Waals surface area (Å²) < 4.78 is 23.8. The number of Topliss-reactive ketones (excluding diaryl/α,β-unsaturated/α-hetero) is 1. The van der Waals surface area contributed by atoms with Crippen LogP contribution in [0.5, 0.6) is 0 Å². The van der Waals surface area contributed by atoms with E-state index in [0.717, 1.165) is 27.4 Å². The second-order valence-electron chi connectivity index (χ2n) is 4.66. The zero-order chi connectivity index (χ0) is 14.2. The molecule has 5 heteroatoms. The molecule has 0 saturated carbocycles. The monoisotopic (exact) mass is 332 g/mol. The molecule has 0 N–H and O–H groups in total. The minimum Gasteiger partial charge on any atom is -0.293 e. The van der Waals surface area contributed by atoms with E-state index in [9.17, 15) is 13.2 Å². The van der Waals surface area contributed by atoms with E-state index in [-0.39, 0.29) is 5.78 Å². The largest absolute Gasteiger partial charge is 0.293 e. The first-order valence-corrected chi connectivity index (χ1v) is 8.31. The fourth-order valence-electron chi connectivity index (χ4n) is 1.94. The number of carbonyl (C=O) groups excluding carboxylic acids is 1. The molecule has 0 aromatic heterocycles. The maximum Gasteiger partial charge on any atom is 0.181 e. The van der Waals surface area contributed by atoms with Crippen LogP contribution in [0.1, 0.15) is 34.0 Å². The van der Waals surface area contributed by atoms with Crippen molar-refractivity contribution in [3.8, 4) is 0 Å². The highest BCUT2D eigenvalue weighted by Crippen LogP contribution is 2.28. The van der Waals surface area contributed by atoms with Crippen molar-refractivity contribution in [2.75, 3.05) is 6.26 Å². The average molecular weight is 333 g/mol. The van der Waals surface area contributed by atoms with Gasteiger partial charge in [0.1, 0.15) is 5.25 Å². The lowest BCUT2D eigenvalue weighted by Crippen LogP contribution is -2.27. The Morgan fingerprint density at radius 3 is 2.17 bits per heavy atom. The Balaban J connectivity index is 3.44. The van der Waals surface area contributed by atoms with E-state index in [1.54, 1.807) is 0 Å². The maximum absolute atomic E-state index is 12.3. The molecule has 0 aliphatic rings. The third-order valence-corrected chi connectivity index (χ3v) is 5.85. The van der Waals surface area contributed by atoms with Gasteiger partial charge in [-0.3, -0.25) is 4.79 Å². The van der Waals surface area contributed by atoms with Crippen molar-refractivity contribution in [3.63, 3.8) is 0 Å². The number of carbonyl (C=O) groups is 1. The summed E-state index contributed by atoms with van der Waals surface area (Å²) in [6, 6.07) is 1.89. The SMILES string of the molecule is Cc1cc(C)c(C(=O)C(C)S(C)(=O)=O)c(C)c1Br. The Kier molecular flexibility index (Phi) is 4.38. The predicted molar refractivity (Wildman–Crippen MR) is 77.0 cm³/mol. The number of sulfone groups is 1. The van der Waals surface area contributed by atoms with Gasteiger partial charge < -0.3 is 0 Å². The molecule has 1 aromatic rings. The van der Waals surface area contributed by atoms with Crippen LogP contribution in [0.3, 0.4) is 0 Å². The van der Waals surface area contributed by atoms with Crippen LogP contribution in [0, 0.1) is 20.8 Å². The van der Waals surface area contributed by atoms with Gasteiger partial charge in [0.25, 0.3) is 0 Å². The minimum atomic E-state index is -3.37. The highest BCUT2D eigenvalue weighted by atomic mass is 79.9. The van der Waals surface area contributed by atoms with Crippen LogP contribution in [0.25, 0.3) is 0 Å². The van der Waals surface area contributed by atoms with Gasteiger partial charge in [0.05, 0.1) is 0 Å². The first-order valence-electron chi connectivity index (χ1n) is 5.56. The lowest BCUT2D eigenvalue weighted by atomic mass is 9.95. The van der Waals surface area contributed by atoms with Crippen LogP contribution < -0.4 is 0 Å². The van der Waals surface area contributed by atoms with Gasteiger partial charge in [0.2, 0.25) is 0 Å². The molecule has 0 heterocycles. The van der Waals surface area contributed by atoms with Gasteiger partial charge in [-0.1, -0.05) is 22.0 Å².